The standard InChI is InChI=1S/C29H37N3O5/c1-5-15-30-16-9-13-21-22(25(30)34)23-26(35)32(20(18-33)19-11-7-6-8-12-19)24-27(36)31(28(2,3)4)17-10-14-29(23,24)37-21/h6-14,20-24,33H,5,15-18H2,1-4H3/t20-,21+,22-,23+,24?,29+/m1/s1. The van der Waals surface area contributed by atoms with Gasteiger partial charge in [0.25, 0.3) is 0 Å². The Bertz CT molecular complexity index is 1130. The van der Waals surface area contributed by atoms with Crippen molar-refractivity contribution in [2.45, 2.75) is 63.4 Å². The molecule has 0 aromatic heterocycles. The molecule has 4 aliphatic rings. The molecule has 8 heteroatoms. The minimum Gasteiger partial charge on any atom is -0.394 e. The number of fused-ring (bicyclic) bond motifs is 2. The van der Waals surface area contributed by atoms with Crippen LogP contribution in [0.5, 0.6) is 0 Å². The van der Waals surface area contributed by atoms with Gasteiger partial charge in [0.05, 0.1) is 30.6 Å². The molecule has 1 unspecified atom stereocenters. The summed E-state index contributed by atoms with van der Waals surface area (Å²) in [6.07, 6.45) is 7.75. The molecule has 3 amide bonds. The van der Waals surface area contributed by atoms with E-state index in [4.69, 9.17) is 4.74 Å². The van der Waals surface area contributed by atoms with E-state index in [0.717, 1.165) is 12.0 Å². The van der Waals surface area contributed by atoms with Crippen molar-refractivity contribution in [1.29, 1.82) is 0 Å². The molecular formula is C29H37N3O5. The van der Waals surface area contributed by atoms with Crippen LogP contribution in [0.4, 0.5) is 0 Å². The topological polar surface area (TPSA) is 90.4 Å². The second kappa shape index (κ2) is 9.40. The van der Waals surface area contributed by atoms with Crippen molar-refractivity contribution in [2.75, 3.05) is 26.2 Å². The van der Waals surface area contributed by atoms with E-state index in [1.54, 1.807) is 9.80 Å². The van der Waals surface area contributed by atoms with Crippen LogP contribution < -0.4 is 0 Å². The van der Waals surface area contributed by atoms with Crippen molar-refractivity contribution < 1.29 is 24.2 Å². The van der Waals surface area contributed by atoms with Crippen LogP contribution in [-0.2, 0) is 19.1 Å². The molecular weight excluding hydrogens is 470 g/mol. The van der Waals surface area contributed by atoms with Gasteiger partial charge in [-0.25, -0.2) is 0 Å². The van der Waals surface area contributed by atoms with E-state index in [1.807, 2.05) is 82.3 Å². The number of amides is 3. The Hall–Kier alpha value is -2.97. The zero-order chi connectivity index (χ0) is 26.5. The lowest BCUT2D eigenvalue weighted by Crippen LogP contribution is -2.59. The number of aliphatic hydroxyl groups excluding tert-OH is 1. The van der Waals surface area contributed by atoms with Crippen molar-refractivity contribution in [1.82, 2.24) is 14.7 Å². The van der Waals surface area contributed by atoms with E-state index in [0.29, 0.717) is 19.6 Å². The van der Waals surface area contributed by atoms with E-state index in [-0.39, 0.29) is 24.3 Å². The number of aliphatic hydroxyl groups is 1. The minimum atomic E-state index is -1.30. The summed E-state index contributed by atoms with van der Waals surface area (Å²) in [7, 11) is 0. The second-order valence-electron chi connectivity index (χ2n) is 11.4. The average molecular weight is 508 g/mol. The molecule has 1 spiro atoms. The highest BCUT2D eigenvalue weighted by Crippen LogP contribution is 2.55. The van der Waals surface area contributed by atoms with E-state index in [2.05, 4.69) is 0 Å². The predicted molar refractivity (Wildman–Crippen MR) is 138 cm³/mol. The number of hydrogen-bond acceptors (Lipinski definition) is 5. The molecule has 4 heterocycles. The molecule has 0 saturated carbocycles. The molecule has 1 aromatic rings. The van der Waals surface area contributed by atoms with Gasteiger partial charge in [-0.1, -0.05) is 61.6 Å². The fraction of sp³-hybridized carbons (Fsp3) is 0.552. The summed E-state index contributed by atoms with van der Waals surface area (Å²) >= 11 is 0. The fourth-order valence-corrected chi connectivity index (χ4v) is 6.57. The Morgan fingerprint density at radius 1 is 1.05 bits per heavy atom. The van der Waals surface area contributed by atoms with Crippen LogP contribution in [0, 0.1) is 11.8 Å². The Morgan fingerprint density at radius 3 is 2.43 bits per heavy atom. The summed E-state index contributed by atoms with van der Waals surface area (Å²) in [5.41, 5.74) is -1.08. The van der Waals surface area contributed by atoms with E-state index in [9.17, 15) is 19.5 Å². The Balaban J connectivity index is 1.68. The number of carbonyl (C=O) groups is 3. The third kappa shape index (κ3) is 3.92. The summed E-state index contributed by atoms with van der Waals surface area (Å²) in [5, 5.41) is 10.6. The molecule has 6 atom stereocenters. The number of hydrogen-bond donors (Lipinski definition) is 1. The number of likely N-dealkylation sites (tertiary alicyclic amines) is 1. The molecule has 2 fully saturated rings. The van der Waals surface area contributed by atoms with Gasteiger partial charge in [0.1, 0.15) is 11.6 Å². The maximum atomic E-state index is 14.4. The molecule has 5 rings (SSSR count). The Kier molecular flexibility index (Phi) is 6.52. The van der Waals surface area contributed by atoms with Crippen molar-refractivity contribution in [3.63, 3.8) is 0 Å². The van der Waals surface area contributed by atoms with Crippen molar-refractivity contribution >= 4 is 17.7 Å². The van der Waals surface area contributed by atoms with Gasteiger partial charge in [0.15, 0.2) is 0 Å². The summed E-state index contributed by atoms with van der Waals surface area (Å²) in [4.78, 5) is 47.7. The molecule has 1 N–H and O–H groups in total. The highest BCUT2D eigenvalue weighted by molar-refractivity contribution is 6.00. The first-order valence-electron chi connectivity index (χ1n) is 13.3. The molecule has 8 nitrogen and oxygen atoms in total. The van der Waals surface area contributed by atoms with Crippen LogP contribution in [0.15, 0.2) is 54.6 Å². The third-order valence-corrected chi connectivity index (χ3v) is 8.18. The first kappa shape index (κ1) is 25.7. The molecule has 4 aliphatic heterocycles. The van der Waals surface area contributed by atoms with Gasteiger partial charge >= 0.3 is 0 Å². The number of carbonyl (C=O) groups excluding carboxylic acids is 3. The molecule has 0 radical (unpaired) electrons. The normalized spacial score (nSPS) is 32.2. The highest BCUT2D eigenvalue weighted by atomic mass is 16.5. The zero-order valence-electron chi connectivity index (χ0n) is 22.0. The quantitative estimate of drug-likeness (QED) is 0.618. The van der Waals surface area contributed by atoms with Crippen molar-refractivity contribution in [3.05, 3.63) is 60.2 Å². The van der Waals surface area contributed by atoms with E-state index >= 15 is 0 Å². The first-order chi connectivity index (χ1) is 17.7. The average Bonchev–Trinajstić information content (AvgIpc) is 3.17. The Labute approximate surface area is 218 Å². The predicted octanol–water partition coefficient (Wildman–Crippen LogP) is 2.31. The van der Waals surface area contributed by atoms with Crippen LogP contribution in [0.2, 0.25) is 0 Å². The summed E-state index contributed by atoms with van der Waals surface area (Å²) in [6.45, 7) is 8.98. The maximum absolute atomic E-state index is 14.4. The zero-order valence-corrected chi connectivity index (χ0v) is 22.0. The first-order valence-corrected chi connectivity index (χ1v) is 13.3. The maximum Gasteiger partial charge on any atom is 0.249 e. The van der Waals surface area contributed by atoms with Crippen molar-refractivity contribution in [2.24, 2.45) is 11.8 Å². The minimum absolute atomic E-state index is 0.120. The molecule has 2 saturated heterocycles. The molecule has 0 bridgehead atoms. The molecule has 0 aliphatic carbocycles. The highest BCUT2D eigenvalue weighted by Gasteiger charge is 2.72. The van der Waals surface area contributed by atoms with Gasteiger partial charge < -0.3 is 24.5 Å². The number of ether oxygens (including phenoxy) is 1. The lowest BCUT2D eigenvalue weighted by molar-refractivity contribution is -0.154. The lowest BCUT2D eigenvalue weighted by Gasteiger charge is -2.42. The largest absolute Gasteiger partial charge is 0.394 e. The van der Waals surface area contributed by atoms with Gasteiger partial charge in [0, 0.05) is 25.2 Å². The fourth-order valence-electron chi connectivity index (χ4n) is 6.57. The number of rotatable bonds is 5. The van der Waals surface area contributed by atoms with Gasteiger partial charge in [-0.3, -0.25) is 14.4 Å². The van der Waals surface area contributed by atoms with Gasteiger partial charge in [-0.2, -0.15) is 0 Å². The summed E-state index contributed by atoms with van der Waals surface area (Å²) < 4.78 is 6.69. The lowest BCUT2D eigenvalue weighted by atomic mass is 9.77. The molecule has 198 valence electrons. The molecule has 37 heavy (non-hydrogen) atoms. The third-order valence-electron chi connectivity index (χ3n) is 8.18. The monoisotopic (exact) mass is 507 g/mol. The summed E-state index contributed by atoms with van der Waals surface area (Å²) in [5.74, 6) is -2.28. The smallest absolute Gasteiger partial charge is 0.249 e. The van der Waals surface area contributed by atoms with Crippen LogP contribution in [0.3, 0.4) is 0 Å². The number of benzene rings is 1. The number of nitrogens with zero attached hydrogens (tertiary/aromatic N) is 3. The second-order valence-corrected chi connectivity index (χ2v) is 11.4. The molecule has 1 aromatic carbocycles. The van der Waals surface area contributed by atoms with E-state index in [1.165, 1.54) is 4.90 Å². The SMILES string of the molecule is CCCN1CC=C[C@@H]2O[C@]34C=CCN(C(C)(C)C)C(=O)C3N([C@H](CO)c3ccccc3)C(=O)[C@@H]4[C@@H]2C1=O. The van der Waals surface area contributed by atoms with Crippen LogP contribution >= 0.6 is 0 Å². The van der Waals surface area contributed by atoms with E-state index < -0.39 is 41.2 Å². The van der Waals surface area contributed by atoms with Crippen LogP contribution in [0.25, 0.3) is 0 Å². The van der Waals surface area contributed by atoms with Crippen LogP contribution in [-0.4, -0.2) is 87.1 Å². The van der Waals surface area contributed by atoms with Gasteiger partial charge in [0.2, 0.25) is 17.7 Å². The summed E-state index contributed by atoms with van der Waals surface area (Å²) in [6, 6.07) is 7.50. The van der Waals surface area contributed by atoms with Crippen LogP contribution in [0.1, 0.15) is 45.7 Å². The van der Waals surface area contributed by atoms with Gasteiger partial charge in [-0.05, 0) is 32.8 Å². The van der Waals surface area contributed by atoms with Crippen molar-refractivity contribution in [3.8, 4) is 0 Å². The Morgan fingerprint density at radius 2 is 1.78 bits per heavy atom. The van der Waals surface area contributed by atoms with Gasteiger partial charge in [-0.15, -0.1) is 0 Å².